The lowest BCUT2D eigenvalue weighted by molar-refractivity contribution is -0.122. The molecule has 2 aromatic carbocycles. The average Bonchev–Trinajstić information content (AvgIpc) is 3.07. The summed E-state index contributed by atoms with van der Waals surface area (Å²) in [6.07, 6.45) is 0.949. The van der Waals surface area contributed by atoms with E-state index in [0.717, 1.165) is 40.1 Å². The van der Waals surface area contributed by atoms with Crippen molar-refractivity contribution in [1.29, 1.82) is 0 Å². The number of rotatable bonds is 6. The van der Waals surface area contributed by atoms with Crippen LogP contribution in [0, 0.1) is 0 Å². The molecular formula is C23H27N3O3. The molecule has 0 spiro atoms. The van der Waals surface area contributed by atoms with Gasteiger partial charge in [0.1, 0.15) is 17.6 Å². The minimum Gasteiger partial charge on any atom is -0.497 e. The van der Waals surface area contributed by atoms with Crippen LogP contribution in [-0.4, -0.2) is 42.1 Å². The van der Waals surface area contributed by atoms with Gasteiger partial charge in [0.25, 0.3) is 0 Å². The lowest BCUT2D eigenvalue weighted by Gasteiger charge is -2.22. The summed E-state index contributed by atoms with van der Waals surface area (Å²) in [6.45, 7) is 4.29. The number of aromatic nitrogens is 1. The van der Waals surface area contributed by atoms with E-state index in [2.05, 4.69) is 34.3 Å². The molecule has 29 heavy (non-hydrogen) atoms. The van der Waals surface area contributed by atoms with Gasteiger partial charge in [-0.3, -0.25) is 9.69 Å². The largest absolute Gasteiger partial charge is 0.497 e. The predicted molar refractivity (Wildman–Crippen MR) is 113 cm³/mol. The summed E-state index contributed by atoms with van der Waals surface area (Å²) in [4.78, 5) is 18.1. The third-order valence-electron chi connectivity index (χ3n) is 5.30. The van der Waals surface area contributed by atoms with Crippen molar-refractivity contribution in [2.75, 3.05) is 20.2 Å². The molecule has 1 unspecified atom stereocenters. The summed E-state index contributed by atoms with van der Waals surface area (Å²) in [7, 11) is 1.66. The van der Waals surface area contributed by atoms with Crippen LogP contribution in [-0.2, 0) is 17.9 Å². The number of hydrogen-bond donors (Lipinski definition) is 2. The number of H-pyrrole nitrogens is 1. The van der Waals surface area contributed by atoms with E-state index in [1.807, 2.05) is 36.4 Å². The van der Waals surface area contributed by atoms with E-state index in [-0.39, 0.29) is 12.0 Å². The van der Waals surface area contributed by atoms with Crippen LogP contribution >= 0.6 is 0 Å². The van der Waals surface area contributed by atoms with Crippen LogP contribution in [0.15, 0.2) is 48.5 Å². The molecule has 4 rings (SSSR count). The Bertz CT molecular complexity index is 965. The normalized spacial score (nSPS) is 16.7. The molecule has 0 aliphatic carbocycles. The van der Waals surface area contributed by atoms with E-state index in [9.17, 15) is 4.79 Å². The monoisotopic (exact) mass is 393 g/mol. The van der Waals surface area contributed by atoms with E-state index in [0.29, 0.717) is 26.2 Å². The number of ether oxygens (including phenoxy) is 2. The van der Waals surface area contributed by atoms with Crippen molar-refractivity contribution in [1.82, 2.24) is 15.2 Å². The second kappa shape index (κ2) is 8.57. The first-order chi connectivity index (χ1) is 14.1. The number of fused-ring (bicyclic) bond motifs is 2. The molecule has 3 aromatic rings. The van der Waals surface area contributed by atoms with Crippen molar-refractivity contribution in [3.8, 4) is 11.5 Å². The number of amides is 1. The molecule has 6 nitrogen and oxygen atoms in total. The van der Waals surface area contributed by atoms with Gasteiger partial charge < -0.3 is 19.8 Å². The van der Waals surface area contributed by atoms with E-state index >= 15 is 0 Å². The highest BCUT2D eigenvalue weighted by atomic mass is 16.5. The molecule has 0 saturated heterocycles. The number of aromatic amines is 1. The summed E-state index contributed by atoms with van der Waals surface area (Å²) in [5.41, 5.74) is 3.13. The van der Waals surface area contributed by atoms with Gasteiger partial charge in [-0.25, -0.2) is 0 Å². The zero-order valence-corrected chi connectivity index (χ0v) is 16.9. The van der Waals surface area contributed by atoms with Gasteiger partial charge in [-0.2, -0.15) is 0 Å². The number of benzene rings is 2. The molecule has 1 atom stereocenters. The molecule has 2 N–H and O–H groups in total. The Labute approximate surface area is 170 Å². The number of carbonyl (C=O) groups is 1. The molecule has 1 amide bonds. The number of para-hydroxylation sites is 1. The molecule has 2 heterocycles. The van der Waals surface area contributed by atoms with Gasteiger partial charge in [0.15, 0.2) is 0 Å². The summed E-state index contributed by atoms with van der Waals surface area (Å²) in [6, 6.07) is 16.0. The van der Waals surface area contributed by atoms with Gasteiger partial charge in [0.2, 0.25) is 5.91 Å². The standard InChI is InChI=1S/C23H27N3O3/c1-3-19-14-26(13-17-11-20(28-2)8-9-22(17)29-19)15-23(27)24-12-18-10-16-6-4-5-7-21(16)25-18/h4-11,19,25H,3,12-15H2,1-2H3,(H,24,27). The number of hydrogen-bond acceptors (Lipinski definition) is 4. The highest BCUT2D eigenvalue weighted by Crippen LogP contribution is 2.29. The quantitative estimate of drug-likeness (QED) is 0.673. The van der Waals surface area contributed by atoms with Gasteiger partial charge in [0, 0.05) is 29.9 Å². The third-order valence-corrected chi connectivity index (χ3v) is 5.30. The first kappa shape index (κ1) is 19.3. The number of methoxy groups -OCH3 is 1. The lowest BCUT2D eigenvalue weighted by atomic mass is 10.2. The van der Waals surface area contributed by atoms with Crippen molar-refractivity contribution in [2.45, 2.75) is 32.5 Å². The molecule has 0 saturated carbocycles. The number of nitrogens with zero attached hydrogens (tertiary/aromatic N) is 1. The smallest absolute Gasteiger partial charge is 0.234 e. The van der Waals surface area contributed by atoms with Crippen molar-refractivity contribution in [3.63, 3.8) is 0 Å². The maximum Gasteiger partial charge on any atom is 0.234 e. The molecule has 152 valence electrons. The van der Waals surface area contributed by atoms with Crippen molar-refractivity contribution >= 4 is 16.8 Å². The fraction of sp³-hybridized carbons (Fsp3) is 0.348. The third kappa shape index (κ3) is 4.54. The highest BCUT2D eigenvalue weighted by molar-refractivity contribution is 5.81. The molecule has 1 aromatic heterocycles. The number of nitrogens with one attached hydrogen (secondary N) is 2. The molecule has 1 aliphatic heterocycles. The highest BCUT2D eigenvalue weighted by Gasteiger charge is 2.23. The molecule has 6 heteroatoms. The lowest BCUT2D eigenvalue weighted by Crippen LogP contribution is -2.40. The molecule has 1 aliphatic rings. The van der Waals surface area contributed by atoms with Crippen LogP contribution in [0.25, 0.3) is 10.9 Å². The summed E-state index contributed by atoms with van der Waals surface area (Å²) in [5, 5.41) is 4.18. The van der Waals surface area contributed by atoms with Crippen LogP contribution in [0.1, 0.15) is 24.6 Å². The zero-order chi connectivity index (χ0) is 20.2. The fourth-order valence-electron chi connectivity index (χ4n) is 3.75. The van der Waals surface area contributed by atoms with E-state index in [1.54, 1.807) is 7.11 Å². The molecule has 0 radical (unpaired) electrons. The van der Waals surface area contributed by atoms with E-state index < -0.39 is 0 Å². The van der Waals surface area contributed by atoms with Crippen molar-refractivity contribution in [2.24, 2.45) is 0 Å². The first-order valence-electron chi connectivity index (χ1n) is 10.0. The molecule has 0 bridgehead atoms. The topological polar surface area (TPSA) is 66.6 Å². The molecule has 0 fully saturated rings. The Balaban J connectivity index is 1.40. The van der Waals surface area contributed by atoms with Gasteiger partial charge in [0.05, 0.1) is 20.2 Å². The Kier molecular flexibility index (Phi) is 5.71. The maximum atomic E-state index is 12.6. The predicted octanol–water partition coefficient (Wildman–Crippen LogP) is 3.47. The van der Waals surface area contributed by atoms with Crippen molar-refractivity contribution in [3.05, 3.63) is 59.8 Å². The number of carbonyl (C=O) groups excluding carboxylic acids is 1. The zero-order valence-electron chi connectivity index (χ0n) is 16.9. The minimum absolute atomic E-state index is 0.00450. The van der Waals surface area contributed by atoms with E-state index in [1.165, 1.54) is 0 Å². The van der Waals surface area contributed by atoms with Gasteiger partial charge in [-0.1, -0.05) is 25.1 Å². The molecular weight excluding hydrogens is 366 g/mol. The SMILES string of the molecule is CCC1CN(CC(=O)NCc2cc3ccccc3[nH]2)Cc2cc(OC)ccc2O1. The van der Waals surface area contributed by atoms with Gasteiger partial charge >= 0.3 is 0 Å². The summed E-state index contributed by atoms with van der Waals surface area (Å²) >= 11 is 0. The fourth-order valence-corrected chi connectivity index (χ4v) is 3.75. The summed E-state index contributed by atoms with van der Waals surface area (Å²) in [5.74, 6) is 1.68. The second-order valence-corrected chi connectivity index (χ2v) is 7.45. The minimum atomic E-state index is 0.00450. The van der Waals surface area contributed by atoms with Gasteiger partial charge in [-0.15, -0.1) is 0 Å². The maximum absolute atomic E-state index is 12.6. The van der Waals surface area contributed by atoms with Crippen LogP contribution in [0.2, 0.25) is 0 Å². The Morgan fingerprint density at radius 1 is 1.28 bits per heavy atom. The Morgan fingerprint density at radius 2 is 2.14 bits per heavy atom. The van der Waals surface area contributed by atoms with Crippen LogP contribution in [0.3, 0.4) is 0 Å². The van der Waals surface area contributed by atoms with Crippen molar-refractivity contribution < 1.29 is 14.3 Å². The van der Waals surface area contributed by atoms with Crippen LogP contribution in [0.4, 0.5) is 0 Å². The van der Waals surface area contributed by atoms with Gasteiger partial charge in [-0.05, 0) is 42.1 Å². The van der Waals surface area contributed by atoms with Crippen LogP contribution < -0.4 is 14.8 Å². The van der Waals surface area contributed by atoms with E-state index in [4.69, 9.17) is 9.47 Å². The summed E-state index contributed by atoms with van der Waals surface area (Å²) < 4.78 is 11.5. The van der Waals surface area contributed by atoms with Crippen LogP contribution in [0.5, 0.6) is 11.5 Å². The second-order valence-electron chi connectivity index (χ2n) is 7.45. The Morgan fingerprint density at radius 3 is 2.93 bits per heavy atom. The first-order valence-corrected chi connectivity index (χ1v) is 10.0. The average molecular weight is 393 g/mol. The Hall–Kier alpha value is -2.99.